The topological polar surface area (TPSA) is 78.5 Å². The molecule has 3 aromatic carbocycles. The highest BCUT2D eigenvalue weighted by atomic mass is 16.2. The SMILES string of the molecule is C=C(C)c1ccccc1C(=O)Nc1ccc(N2C(=O)CC(=O)Nc3c2ccc2c3CCCC2)cc1. The molecule has 0 radical (unpaired) electrons. The molecule has 3 amide bonds. The molecule has 1 aliphatic carbocycles. The van der Waals surface area contributed by atoms with Gasteiger partial charge in [-0.1, -0.05) is 36.4 Å². The average Bonchev–Trinajstić information content (AvgIpc) is 2.99. The zero-order valence-electron chi connectivity index (χ0n) is 19.7. The summed E-state index contributed by atoms with van der Waals surface area (Å²) in [6.07, 6.45) is 3.84. The number of benzene rings is 3. The van der Waals surface area contributed by atoms with Crippen molar-refractivity contribution in [3.63, 3.8) is 0 Å². The van der Waals surface area contributed by atoms with E-state index in [9.17, 15) is 14.4 Å². The molecule has 0 unspecified atom stereocenters. The van der Waals surface area contributed by atoms with Crippen LogP contribution in [0.5, 0.6) is 0 Å². The van der Waals surface area contributed by atoms with Crippen molar-refractivity contribution in [2.75, 3.05) is 15.5 Å². The van der Waals surface area contributed by atoms with Crippen molar-refractivity contribution >= 4 is 46.0 Å². The normalized spacial score (nSPS) is 14.9. The van der Waals surface area contributed by atoms with Crippen LogP contribution in [-0.4, -0.2) is 17.7 Å². The highest BCUT2D eigenvalue weighted by Gasteiger charge is 2.30. The van der Waals surface area contributed by atoms with Gasteiger partial charge in [0.25, 0.3) is 5.91 Å². The quantitative estimate of drug-likeness (QED) is 0.474. The van der Waals surface area contributed by atoms with Crippen molar-refractivity contribution in [2.45, 2.75) is 39.0 Å². The molecule has 176 valence electrons. The first-order valence-electron chi connectivity index (χ1n) is 11.9. The standard InChI is InChI=1S/C29H27N3O3/c1-18(2)22-8-5-6-10-24(22)29(35)30-20-12-14-21(15-13-20)32-25-16-11-19-7-3-4-9-23(19)28(25)31-26(33)17-27(32)34/h5-6,8,10-16H,1,3-4,7,9,17H2,2H3,(H,30,35)(H,31,33). The van der Waals surface area contributed by atoms with Crippen LogP contribution in [0.2, 0.25) is 0 Å². The number of nitrogens with zero attached hydrogens (tertiary/aromatic N) is 1. The molecule has 2 N–H and O–H groups in total. The van der Waals surface area contributed by atoms with E-state index >= 15 is 0 Å². The van der Waals surface area contributed by atoms with Gasteiger partial charge in [-0.15, -0.1) is 0 Å². The van der Waals surface area contributed by atoms with Crippen molar-refractivity contribution < 1.29 is 14.4 Å². The summed E-state index contributed by atoms with van der Waals surface area (Å²) >= 11 is 0. The molecule has 0 saturated heterocycles. The van der Waals surface area contributed by atoms with Crippen LogP contribution < -0.4 is 15.5 Å². The lowest BCUT2D eigenvalue weighted by molar-refractivity contribution is -0.124. The summed E-state index contributed by atoms with van der Waals surface area (Å²) in [4.78, 5) is 40.1. The van der Waals surface area contributed by atoms with Crippen molar-refractivity contribution in [1.29, 1.82) is 0 Å². The molecule has 3 aromatic rings. The van der Waals surface area contributed by atoms with Crippen LogP contribution in [0.3, 0.4) is 0 Å². The summed E-state index contributed by atoms with van der Waals surface area (Å²) in [6.45, 7) is 5.83. The Kier molecular flexibility index (Phi) is 5.95. The van der Waals surface area contributed by atoms with Gasteiger partial charge >= 0.3 is 0 Å². The molecule has 5 rings (SSSR count). The Morgan fingerprint density at radius 2 is 1.66 bits per heavy atom. The lowest BCUT2D eigenvalue weighted by Crippen LogP contribution is -2.26. The van der Waals surface area contributed by atoms with E-state index in [0.717, 1.165) is 48.1 Å². The molecule has 1 heterocycles. The third-order valence-corrected chi connectivity index (χ3v) is 6.59. The lowest BCUT2D eigenvalue weighted by atomic mass is 9.89. The Bertz CT molecular complexity index is 1360. The Morgan fingerprint density at radius 3 is 2.40 bits per heavy atom. The van der Waals surface area contributed by atoms with E-state index in [1.54, 1.807) is 35.2 Å². The number of fused-ring (bicyclic) bond motifs is 3. The van der Waals surface area contributed by atoms with E-state index < -0.39 is 0 Å². The van der Waals surface area contributed by atoms with Crippen LogP contribution in [0, 0.1) is 0 Å². The largest absolute Gasteiger partial charge is 0.324 e. The highest BCUT2D eigenvalue weighted by Crippen LogP contribution is 2.41. The fourth-order valence-corrected chi connectivity index (χ4v) is 4.90. The molecule has 35 heavy (non-hydrogen) atoms. The number of allylic oxidation sites excluding steroid dienone is 1. The van der Waals surface area contributed by atoms with Gasteiger partial charge < -0.3 is 10.6 Å². The second-order valence-corrected chi connectivity index (χ2v) is 9.09. The van der Waals surface area contributed by atoms with Crippen LogP contribution >= 0.6 is 0 Å². The first-order chi connectivity index (χ1) is 16.9. The molecule has 6 heteroatoms. The van der Waals surface area contributed by atoms with Crippen molar-refractivity contribution in [3.8, 4) is 0 Å². The predicted octanol–water partition coefficient (Wildman–Crippen LogP) is 5.86. The van der Waals surface area contributed by atoms with Crippen molar-refractivity contribution in [3.05, 3.63) is 89.5 Å². The third kappa shape index (κ3) is 4.35. The highest BCUT2D eigenvalue weighted by molar-refractivity contribution is 6.18. The van der Waals surface area contributed by atoms with Gasteiger partial charge in [0.2, 0.25) is 11.8 Å². The van der Waals surface area contributed by atoms with Gasteiger partial charge in [0.1, 0.15) is 6.42 Å². The molecular weight excluding hydrogens is 438 g/mol. The number of nitrogens with one attached hydrogen (secondary N) is 2. The smallest absolute Gasteiger partial charge is 0.256 e. The number of aryl methyl sites for hydroxylation is 1. The number of hydrogen-bond acceptors (Lipinski definition) is 3. The zero-order valence-corrected chi connectivity index (χ0v) is 19.7. The Balaban J connectivity index is 1.45. The summed E-state index contributed by atoms with van der Waals surface area (Å²) in [5, 5.41) is 5.91. The fraction of sp³-hybridized carbons (Fsp3) is 0.207. The summed E-state index contributed by atoms with van der Waals surface area (Å²) in [5.74, 6) is -0.809. The van der Waals surface area contributed by atoms with Gasteiger partial charge in [-0.3, -0.25) is 19.3 Å². The van der Waals surface area contributed by atoms with E-state index in [1.165, 1.54) is 5.56 Å². The van der Waals surface area contributed by atoms with Gasteiger partial charge in [0.15, 0.2) is 0 Å². The van der Waals surface area contributed by atoms with Gasteiger partial charge in [0.05, 0.1) is 11.4 Å². The van der Waals surface area contributed by atoms with E-state index in [1.807, 2.05) is 31.2 Å². The third-order valence-electron chi connectivity index (χ3n) is 6.59. The Hall–Kier alpha value is -4.19. The number of anilines is 4. The minimum atomic E-state index is -0.294. The lowest BCUT2D eigenvalue weighted by Gasteiger charge is -2.26. The molecule has 0 bridgehead atoms. The summed E-state index contributed by atoms with van der Waals surface area (Å²) in [6, 6.07) is 18.4. The minimum absolute atomic E-state index is 0.223. The molecule has 0 atom stereocenters. The Morgan fingerprint density at radius 1 is 0.943 bits per heavy atom. The second-order valence-electron chi connectivity index (χ2n) is 9.09. The second kappa shape index (κ2) is 9.22. The molecule has 0 spiro atoms. The molecule has 0 fully saturated rings. The van der Waals surface area contributed by atoms with Crippen LogP contribution in [-0.2, 0) is 22.4 Å². The number of carbonyl (C=O) groups is 3. The number of amides is 3. The maximum atomic E-state index is 13.1. The van der Waals surface area contributed by atoms with Gasteiger partial charge in [-0.25, -0.2) is 0 Å². The minimum Gasteiger partial charge on any atom is -0.324 e. The maximum absolute atomic E-state index is 13.1. The summed E-state index contributed by atoms with van der Waals surface area (Å²) in [7, 11) is 0. The Labute approximate surface area is 204 Å². The van der Waals surface area contributed by atoms with Crippen LogP contribution in [0.1, 0.15) is 53.2 Å². The van der Waals surface area contributed by atoms with Crippen molar-refractivity contribution in [1.82, 2.24) is 0 Å². The van der Waals surface area contributed by atoms with Crippen LogP contribution in [0.4, 0.5) is 22.7 Å². The van der Waals surface area contributed by atoms with Gasteiger partial charge in [-0.2, -0.15) is 0 Å². The molecule has 0 aromatic heterocycles. The maximum Gasteiger partial charge on any atom is 0.256 e. The first-order valence-corrected chi connectivity index (χ1v) is 11.9. The van der Waals surface area contributed by atoms with E-state index in [2.05, 4.69) is 23.3 Å². The van der Waals surface area contributed by atoms with Gasteiger partial charge in [0, 0.05) is 16.9 Å². The molecule has 2 aliphatic rings. The molecule has 0 saturated carbocycles. The fourth-order valence-electron chi connectivity index (χ4n) is 4.90. The zero-order chi connectivity index (χ0) is 24.5. The predicted molar refractivity (Wildman–Crippen MR) is 139 cm³/mol. The van der Waals surface area contributed by atoms with E-state index in [-0.39, 0.29) is 24.1 Å². The average molecular weight is 466 g/mol. The van der Waals surface area contributed by atoms with E-state index in [0.29, 0.717) is 22.6 Å². The number of rotatable bonds is 4. The first kappa shape index (κ1) is 22.6. The van der Waals surface area contributed by atoms with E-state index in [4.69, 9.17) is 0 Å². The summed E-state index contributed by atoms with van der Waals surface area (Å²) < 4.78 is 0. The molecular formula is C29H27N3O3. The monoisotopic (exact) mass is 465 g/mol. The number of hydrogen-bond donors (Lipinski definition) is 2. The van der Waals surface area contributed by atoms with Crippen LogP contribution in [0.25, 0.3) is 5.57 Å². The van der Waals surface area contributed by atoms with Crippen molar-refractivity contribution in [2.24, 2.45) is 0 Å². The summed E-state index contributed by atoms with van der Waals surface area (Å²) in [5.41, 5.74) is 7.21. The molecule has 6 nitrogen and oxygen atoms in total. The number of carbonyl (C=O) groups excluding carboxylic acids is 3. The molecule has 1 aliphatic heterocycles. The van der Waals surface area contributed by atoms with Crippen LogP contribution in [0.15, 0.2) is 67.2 Å². The van der Waals surface area contributed by atoms with Gasteiger partial charge in [-0.05, 0) is 85.7 Å².